The van der Waals surface area contributed by atoms with Gasteiger partial charge >= 0.3 is 0 Å². The minimum atomic E-state index is -3.40. The van der Waals surface area contributed by atoms with Gasteiger partial charge in [0.15, 0.2) is 0 Å². The highest BCUT2D eigenvalue weighted by Crippen LogP contribution is 2.24. The molecule has 2 heterocycles. The zero-order valence-electron chi connectivity index (χ0n) is 11.8. The van der Waals surface area contributed by atoms with Crippen molar-refractivity contribution >= 4 is 15.9 Å². The van der Waals surface area contributed by atoms with Crippen LogP contribution in [-0.4, -0.2) is 35.5 Å². The third-order valence-corrected chi connectivity index (χ3v) is 5.38. The van der Waals surface area contributed by atoms with Crippen molar-refractivity contribution in [3.63, 3.8) is 0 Å². The van der Waals surface area contributed by atoms with E-state index in [1.165, 1.54) is 0 Å². The molecule has 0 atom stereocenters. The first-order valence-corrected chi connectivity index (χ1v) is 8.10. The van der Waals surface area contributed by atoms with E-state index in [-0.39, 0.29) is 11.8 Å². The van der Waals surface area contributed by atoms with Crippen LogP contribution in [0.4, 0.5) is 0 Å². The highest BCUT2D eigenvalue weighted by atomic mass is 32.2. The second kappa shape index (κ2) is 4.67. The van der Waals surface area contributed by atoms with Crippen LogP contribution in [0.5, 0.6) is 0 Å². The molecule has 1 aromatic heterocycles. The monoisotopic (exact) mass is 284 g/mol. The van der Waals surface area contributed by atoms with Crippen LogP contribution in [0, 0.1) is 13.8 Å². The fourth-order valence-electron chi connectivity index (χ4n) is 2.79. The molecule has 1 aliphatic heterocycles. The molecule has 0 aromatic carbocycles. The smallest absolute Gasteiger partial charge is 0.269 e. The van der Waals surface area contributed by atoms with Crippen LogP contribution in [0.1, 0.15) is 48.1 Å². The Bertz CT molecular complexity index is 614. The van der Waals surface area contributed by atoms with Crippen LogP contribution in [0.2, 0.25) is 0 Å². The second-order valence-electron chi connectivity index (χ2n) is 5.30. The van der Waals surface area contributed by atoms with E-state index < -0.39 is 15.9 Å². The maximum atomic E-state index is 12.4. The molecule has 1 aliphatic rings. The Morgan fingerprint density at radius 1 is 1.32 bits per heavy atom. The van der Waals surface area contributed by atoms with Crippen molar-refractivity contribution in [2.45, 2.75) is 40.2 Å². The minimum Gasteiger partial charge on any atom is -0.346 e. The summed E-state index contributed by atoms with van der Waals surface area (Å²) in [6.07, 6.45) is 0.525. The molecule has 1 fully saturated rings. The lowest BCUT2D eigenvalue weighted by atomic mass is 10.2. The summed E-state index contributed by atoms with van der Waals surface area (Å²) in [6.45, 7) is 8.18. The predicted octanol–water partition coefficient (Wildman–Crippen LogP) is 1.86. The van der Waals surface area contributed by atoms with Gasteiger partial charge in [-0.1, -0.05) is 0 Å². The van der Waals surface area contributed by atoms with Crippen molar-refractivity contribution in [3.8, 4) is 0 Å². The highest BCUT2D eigenvalue weighted by molar-refractivity contribution is 7.89. The summed E-state index contributed by atoms with van der Waals surface area (Å²) < 4.78 is 26.7. The fraction of sp³-hybridized carbons (Fsp3) is 0.615. The van der Waals surface area contributed by atoms with Gasteiger partial charge in [-0.3, -0.25) is 4.79 Å². The van der Waals surface area contributed by atoms with Gasteiger partial charge < -0.3 is 4.57 Å². The number of sulfonamides is 1. The van der Waals surface area contributed by atoms with E-state index in [0.717, 1.165) is 15.7 Å². The maximum absolute atomic E-state index is 12.4. The molecular formula is C13H20N2O3S. The lowest BCUT2D eigenvalue weighted by Crippen LogP contribution is -2.32. The van der Waals surface area contributed by atoms with E-state index in [2.05, 4.69) is 4.57 Å². The van der Waals surface area contributed by atoms with Crippen molar-refractivity contribution in [3.05, 3.63) is 23.0 Å². The van der Waals surface area contributed by atoms with Crippen LogP contribution in [-0.2, 0) is 10.0 Å². The summed E-state index contributed by atoms with van der Waals surface area (Å²) in [4.78, 5) is 12.4. The van der Waals surface area contributed by atoms with Crippen LogP contribution in [0.15, 0.2) is 6.07 Å². The number of amides is 1. The van der Waals surface area contributed by atoms with Gasteiger partial charge in [0.25, 0.3) is 5.91 Å². The Morgan fingerprint density at radius 3 is 2.37 bits per heavy atom. The van der Waals surface area contributed by atoms with Gasteiger partial charge in [-0.05, 0) is 40.2 Å². The first-order chi connectivity index (χ1) is 8.75. The largest absolute Gasteiger partial charge is 0.346 e. The van der Waals surface area contributed by atoms with E-state index in [0.29, 0.717) is 18.5 Å². The molecule has 1 amide bonds. The van der Waals surface area contributed by atoms with E-state index in [1.807, 2.05) is 27.7 Å². The van der Waals surface area contributed by atoms with Crippen LogP contribution < -0.4 is 0 Å². The molecular weight excluding hydrogens is 264 g/mol. The first-order valence-electron chi connectivity index (χ1n) is 6.49. The van der Waals surface area contributed by atoms with Crippen LogP contribution in [0.25, 0.3) is 0 Å². The van der Waals surface area contributed by atoms with Gasteiger partial charge in [0.05, 0.1) is 11.3 Å². The summed E-state index contributed by atoms with van der Waals surface area (Å²) in [7, 11) is -3.40. The first kappa shape index (κ1) is 14.1. The van der Waals surface area contributed by atoms with Gasteiger partial charge in [-0.25, -0.2) is 12.7 Å². The average Bonchev–Trinajstić information content (AvgIpc) is 2.77. The molecule has 0 saturated carbocycles. The summed E-state index contributed by atoms with van der Waals surface area (Å²) in [5.74, 6) is -0.320. The van der Waals surface area contributed by atoms with Crippen molar-refractivity contribution in [1.29, 1.82) is 0 Å². The number of carbonyl (C=O) groups is 1. The van der Waals surface area contributed by atoms with Crippen molar-refractivity contribution in [2.24, 2.45) is 0 Å². The van der Waals surface area contributed by atoms with E-state index in [1.54, 1.807) is 6.07 Å². The molecule has 0 radical (unpaired) electrons. The van der Waals surface area contributed by atoms with E-state index >= 15 is 0 Å². The SMILES string of the molecule is Cc1cc(C(=O)N2CCCS2(=O)=O)c(C)n1C(C)C. The topological polar surface area (TPSA) is 59.4 Å². The zero-order chi connectivity index (χ0) is 14.4. The molecule has 1 aromatic rings. The number of aryl methyl sites for hydroxylation is 1. The van der Waals surface area contributed by atoms with Gasteiger partial charge in [0, 0.05) is 24.0 Å². The molecule has 2 rings (SSSR count). The summed E-state index contributed by atoms with van der Waals surface area (Å²) in [5, 5.41) is 0. The molecule has 6 heteroatoms. The zero-order valence-corrected chi connectivity index (χ0v) is 12.6. The molecule has 0 aliphatic carbocycles. The second-order valence-corrected chi connectivity index (χ2v) is 7.31. The van der Waals surface area contributed by atoms with Crippen molar-refractivity contribution in [1.82, 2.24) is 8.87 Å². The molecule has 106 valence electrons. The molecule has 1 saturated heterocycles. The summed E-state index contributed by atoms with van der Waals surface area (Å²) in [6, 6.07) is 2.03. The molecule has 0 unspecified atom stereocenters. The number of carbonyl (C=O) groups excluding carboxylic acids is 1. The number of rotatable bonds is 2. The maximum Gasteiger partial charge on any atom is 0.269 e. The number of nitrogens with zero attached hydrogens (tertiary/aromatic N) is 2. The average molecular weight is 284 g/mol. The molecule has 19 heavy (non-hydrogen) atoms. The lowest BCUT2D eigenvalue weighted by molar-refractivity contribution is 0.0869. The van der Waals surface area contributed by atoms with Gasteiger partial charge in [-0.2, -0.15) is 0 Å². The van der Waals surface area contributed by atoms with Crippen LogP contribution in [0.3, 0.4) is 0 Å². The Balaban J connectivity index is 2.44. The molecule has 0 spiro atoms. The quantitative estimate of drug-likeness (QED) is 0.833. The predicted molar refractivity (Wildman–Crippen MR) is 73.7 cm³/mol. The Hall–Kier alpha value is -1.30. The van der Waals surface area contributed by atoms with E-state index in [9.17, 15) is 13.2 Å². The normalized spacial score (nSPS) is 18.3. The molecule has 0 N–H and O–H groups in total. The van der Waals surface area contributed by atoms with Gasteiger partial charge in [0.1, 0.15) is 0 Å². The van der Waals surface area contributed by atoms with E-state index in [4.69, 9.17) is 0 Å². The van der Waals surface area contributed by atoms with Gasteiger partial charge in [-0.15, -0.1) is 0 Å². The molecule has 5 nitrogen and oxygen atoms in total. The number of aromatic nitrogens is 1. The third kappa shape index (κ3) is 2.29. The highest BCUT2D eigenvalue weighted by Gasteiger charge is 2.34. The van der Waals surface area contributed by atoms with Gasteiger partial charge in [0.2, 0.25) is 10.0 Å². The minimum absolute atomic E-state index is 0.0711. The third-order valence-electron chi connectivity index (χ3n) is 3.56. The Labute approximate surface area is 114 Å². The molecule has 0 bridgehead atoms. The Morgan fingerprint density at radius 2 is 1.95 bits per heavy atom. The number of hydrogen-bond donors (Lipinski definition) is 0. The summed E-state index contributed by atoms with van der Waals surface area (Å²) >= 11 is 0. The fourth-order valence-corrected chi connectivity index (χ4v) is 4.26. The number of hydrogen-bond acceptors (Lipinski definition) is 3. The van der Waals surface area contributed by atoms with Crippen LogP contribution >= 0.6 is 0 Å². The lowest BCUT2D eigenvalue weighted by Gasteiger charge is -2.16. The summed E-state index contributed by atoms with van der Waals surface area (Å²) in [5.41, 5.74) is 2.31. The van der Waals surface area contributed by atoms with Crippen molar-refractivity contribution in [2.75, 3.05) is 12.3 Å². The van der Waals surface area contributed by atoms with Crippen molar-refractivity contribution < 1.29 is 13.2 Å². The Kier molecular flexibility index (Phi) is 3.47. The standard InChI is InChI=1S/C13H20N2O3S/c1-9(2)15-10(3)8-12(11(15)4)13(16)14-6-5-7-19(14,17)18/h8-9H,5-7H2,1-4H3.